The van der Waals surface area contributed by atoms with Crippen molar-refractivity contribution in [1.29, 1.82) is 5.26 Å². The molecule has 0 amide bonds. The van der Waals surface area contributed by atoms with Crippen molar-refractivity contribution in [2.75, 3.05) is 53.6 Å². The third-order valence-corrected chi connectivity index (χ3v) is 14.2. The predicted molar refractivity (Wildman–Crippen MR) is 209 cm³/mol. The van der Waals surface area contributed by atoms with E-state index in [4.69, 9.17) is 33.2 Å². The molecule has 304 valence electrons. The summed E-state index contributed by atoms with van der Waals surface area (Å²) in [5, 5.41) is 36.9. The molecule has 7 aliphatic rings. The number of aryl methyl sites for hydroxylation is 1. The Kier molecular flexibility index (Phi) is 9.34. The standard InChI is InChI=1S/C42H44N4O11S/c1-7-10-53-41(50)57-36-20(3)37-38(56-18-55-37)30-26-16-54-40(49)42(23-14-28(51-5)27(47)13-21(23)8-9-44-42)17-58-39(31(30)36)33-32-29-22(11-19(2)35(52-6)34(29)48)12-24(45(32)4)25(15-43)46(26)33/h7,11,13-14,24-26,32-33,39,44,47-48H,1,8-10,12,16-18H2,2-6H3/t24-,25-,26-,32+,33?,39+,42+/m0/s1. The summed E-state index contributed by atoms with van der Waals surface area (Å²) in [4.78, 5) is 32.5. The summed E-state index contributed by atoms with van der Waals surface area (Å²) in [7, 11) is 4.95. The molecule has 7 aliphatic heterocycles. The number of nitriles is 1. The molecule has 1 unspecified atom stereocenters. The summed E-state index contributed by atoms with van der Waals surface area (Å²) in [5.41, 5.74) is 4.03. The zero-order valence-electron chi connectivity index (χ0n) is 32.7. The van der Waals surface area contributed by atoms with Crippen molar-refractivity contribution in [2.24, 2.45) is 0 Å². The van der Waals surface area contributed by atoms with E-state index in [9.17, 15) is 25.1 Å². The van der Waals surface area contributed by atoms with Gasteiger partial charge in [0, 0.05) is 46.6 Å². The van der Waals surface area contributed by atoms with Gasteiger partial charge in [-0.2, -0.15) is 5.26 Å². The Morgan fingerprint density at radius 2 is 1.90 bits per heavy atom. The van der Waals surface area contributed by atoms with E-state index in [1.807, 2.05) is 20.0 Å². The van der Waals surface area contributed by atoms with Gasteiger partial charge in [-0.05, 0) is 68.1 Å². The highest BCUT2D eigenvalue weighted by atomic mass is 32.2. The zero-order valence-corrected chi connectivity index (χ0v) is 33.6. The van der Waals surface area contributed by atoms with Crippen LogP contribution in [0.4, 0.5) is 4.79 Å². The Morgan fingerprint density at radius 1 is 1.10 bits per heavy atom. The molecule has 2 fully saturated rings. The molecular weight excluding hydrogens is 769 g/mol. The first-order valence-corrected chi connectivity index (χ1v) is 20.2. The molecule has 15 nitrogen and oxygen atoms in total. The van der Waals surface area contributed by atoms with Crippen molar-refractivity contribution in [3.05, 3.63) is 75.4 Å². The SMILES string of the molecule is C=CCOC(=O)Oc1c(C)c2c(c3c1[C@H]1SC[C@]4(NCCc5cc(O)c(OC)cc54)C(=O)OC[C@@H]3N3C1[C@H]1c4c(cc(C)c(OC)c4O)C[C@@H]([C@@H]3C#N)N1C)OCO2. The van der Waals surface area contributed by atoms with Crippen molar-refractivity contribution in [3.63, 3.8) is 0 Å². The van der Waals surface area contributed by atoms with Crippen LogP contribution in [0.5, 0.6) is 40.2 Å². The van der Waals surface area contributed by atoms with Gasteiger partial charge in [0.2, 0.25) is 6.79 Å². The van der Waals surface area contributed by atoms with E-state index in [1.165, 1.54) is 32.1 Å². The van der Waals surface area contributed by atoms with Crippen LogP contribution in [0.3, 0.4) is 0 Å². The van der Waals surface area contributed by atoms with E-state index in [2.05, 4.69) is 27.8 Å². The average Bonchev–Trinajstić information content (AvgIpc) is 3.70. The second-order valence-corrected chi connectivity index (χ2v) is 16.6. The van der Waals surface area contributed by atoms with E-state index in [0.717, 1.165) is 16.7 Å². The molecule has 1 spiro atoms. The molecule has 7 atom stereocenters. The number of methoxy groups -OCH3 is 2. The summed E-state index contributed by atoms with van der Waals surface area (Å²) in [6, 6.07) is 5.00. The van der Waals surface area contributed by atoms with Crippen molar-refractivity contribution in [3.8, 4) is 46.3 Å². The minimum absolute atomic E-state index is 0.0189. The number of nitrogens with zero attached hydrogens (tertiary/aromatic N) is 3. The summed E-state index contributed by atoms with van der Waals surface area (Å²) in [6.07, 6.45) is 1.50. The van der Waals surface area contributed by atoms with Gasteiger partial charge in [0.25, 0.3) is 0 Å². The number of hydrogen-bond acceptors (Lipinski definition) is 16. The largest absolute Gasteiger partial charge is 0.514 e. The summed E-state index contributed by atoms with van der Waals surface area (Å²) < 4.78 is 41.6. The van der Waals surface area contributed by atoms with Gasteiger partial charge in [-0.15, -0.1) is 11.8 Å². The van der Waals surface area contributed by atoms with Crippen molar-refractivity contribution >= 4 is 23.9 Å². The summed E-state index contributed by atoms with van der Waals surface area (Å²) >= 11 is 1.44. The molecule has 58 heavy (non-hydrogen) atoms. The number of piperazine rings is 1. The number of phenols is 2. The van der Waals surface area contributed by atoms with Crippen molar-refractivity contribution in [2.45, 2.75) is 67.7 Å². The van der Waals surface area contributed by atoms with Crippen LogP contribution in [0.25, 0.3) is 0 Å². The molecule has 0 radical (unpaired) electrons. The molecule has 0 aromatic heterocycles. The number of likely N-dealkylation sites (N-methyl/N-ethyl adjacent to an activating group) is 1. The number of ether oxygens (including phenoxy) is 7. The number of carbonyl (C=O) groups is 2. The number of esters is 1. The van der Waals surface area contributed by atoms with Gasteiger partial charge >= 0.3 is 12.1 Å². The van der Waals surface area contributed by atoms with E-state index >= 15 is 0 Å². The van der Waals surface area contributed by atoms with E-state index in [1.54, 1.807) is 19.1 Å². The molecule has 0 saturated carbocycles. The number of rotatable bonds is 5. The van der Waals surface area contributed by atoms with Gasteiger partial charge in [0.05, 0.1) is 37.6 Å². The Balaban J connectivity index is 1.33. The maximum atomic E-state index is 14.8. The fourth-order valence-electron chi connectivity index (χ4n) is 10.3. The molecule has 7 heterocycles. The van der Waals surface area contributed by atoms with E-state index < -0.39 is 47.1 Å². The Labute approximate surface area is 339 Å². The quantitative estimate of drug-likeness (QED) is 0.182. The van der Waals surface area contributed by atoms with Crippen LogP contribution in [0.1, 0.15) is 61.8 Å². The highest BCUT2D eigenvalue weighted by Crippen LogP contribution is 2.64. The number of fused-ring (bicyclic) bond motifs is 9. The Hall–Kier alpha value is -5.34. The lowest BCUT2D eigenvalue weighted by Crippen LogP contribution is -2.69. The maximum Gasteiger partial charge on any atom is 0.514 e. The smallest absolute Gasteiger partial charge is 0.504 e. The minimum Gasteiger partial charge on any atom is -0.504 e. The molecular formula is C42H44N4O11S. The van der Waals surface area contributed by atoms with Crippen LogP contribution < -0.4 is 29.0 Å². The van der Waals surface area contributed by atoms with Gasteiger partial charge in [-0.3, -0.25) is 15.1 Å². The van der Waals surface area contributed by atoms with Crippen LogP contribution in [0.2, 0.25) is 0 Å². The number of benzene rings is 3. The van der Waals surface area contributed by atoms with Crippen molar-refractivity contribution < 1.29 is 53.0 Å². The molecule has 16 heteroatoms. The second-order valence-electron chi connectivity index (χ2n) is 15.4. The first-order chi connectivity index (χ1) is 28.0. The summed E-state index contributed by atoms with van der Waals surface area (Å²) in [6.45, 7) is 7.34. The van der Waals surface area contributed by atoms with Crippen LogP contribution in [0, 0.1) is 25.2 Å². The third kappa shape index (κ3) is 5.36. The van der Waals surface area contributed by atoms with Gasteiger partial charge < -0.3 is 43.4 Å². The fourth-order valence-corrected chi connectivity index (χ4v) is 12.0. The van der Waals surface area contributed by atoms with Crippen LogP contribution >= 0.6 is 11.8 Å². The minimum atomic E-state index is -1.40. The normalized spacial score (nSPS) is 27.9. The monoisotopic (exact) mass is 812 g/mol. The van der Waals surface area contributed by atoms with Crippen LogP contribution in [-0.2, 0) is 32.6 Å². The zero-order chi connectivity index (χ0) is 40.8. The molecule has 3 N–H and O–H groups in total. The molecule has 0 aliphatic carbocycles. The van der Waals surface area contributed by atoms with E-state index in [-0.39, 0.29) is 54.8 Å². The number of hydrogen-bond donors (Lipinski definition) is 3. The highest BCUT2D eigenvalue weighted by Gasteiger charge is 2.62. The van der Waals surface area contributed by atoms with Gasteiger partial charge in [0.15, 0.2) is 40.0 Å². The third-order valence-electron chi connectivity index (χ3n) is 12.7. The predicted octanol–water partition coefficient (Wildman–Crippen LogP) is 4.76. The lowest BCUT2D eigenvalue weighted by atomic mass is 9.71. The van der Waals surface area contributed by atoms with E-state index in [0.29, 0.717) is 64.5 Å². The first-order valence-electron chi connectivity index (χ1n) is 19.1. The first kappa shape index (κ1) is 38.2. The molecule has 3 aromatic carbocycles. The highest BCUT2D eigenvalue weighted by molar-refractivity contribution is 7.99. The van der Waals surface area contributed by atoms with Crippen LogP contribution in [-0.4, -0.2) is 104 Å². The van der Waals surface area contributed by atoms with Crippen molar-refractivity contribution in [1.82, 2.24) is 15.1 Å². The average molecular weight is 813 g/mol. The lowest BCUT2D eigenvalue weighted by Gasteiger charge is -2.62. The molecule has 2 saturated heterocycles. The van der Waals surface area contributed by atoms with Crippen LogP contribution in [0.15, 0.2) is 30.9 Å². The fraction of sp³-hybridized carbons (Fsp3) is 0.452. The second kappa shape index (κ2) is 14.2. The number of thioether (sulfide) groups is 1. The number of phenolic OH excluding ortho intramolecular Hbond substituents is 2. The summed E-state index contributed by atoms with van der Waals surface area (Å²) in [5.74, 6) is 1.12. The van der Waals surface area contributed by atoms with Gasteiger partial charge in [-0.25, -0.2) is 9.59 Å². The maximum absolute atomic E-state index is 14.8. The topological polar surface area (TPSA) is 182 Å². The number of carbonyl (C=O) groups excluding carboxylic acids is 2. The number of aromatic hydroxyl groups is 2. The Morgan fingerprint density at radius 3 is 2.64 bits per heavy atom. The molecule has 3 aromatic rings. The molecule has 4 bridgehead atoms. The molecule has 10 rings (SSSR count). The van der Waals surface area contributed by atoms with Gasteiger partial charge in [0.1, 0.15) is 25.0 Å². The lowest BCUT2D eigenvalue weighted by molar-refractivity contribution is -0.157. The Bertz CT molecular complexity index is 2310. The van der Waals surface area contributed by atoms with Gasteiger partial charge in [-0.1, -0.05) is 18.7 Å². The number of nitrogens with one attached hydrogen (secondary N) is 1.